The Hall–Kier alpha value is -2.30. The first-order chi connectivity index (χ1) is 8.25. The first-order valence-corrected chi connectivity index (χ1v) is 5.35. The number of aromatic nitrogens is 2. The number of amides is 1. The highest BCUT2D eigenvalue weighted by Gasteiger charge is 2.03. The van der Waals surface area contributed by atoms with Crippen LogP contribution in [0.1, 0.15) is 10.4 Å². The molecule has 1 aromatic heterocycles. The molecule has 1 aromatic carbocycles. The molecule has 5 heteroatoms. The molecule has 1 amide bonds. The predicted molar refractivity (Wildman–Crippen MR) is 65.4 cm³/mol. The molecule has 0 atom stereocenters. The van der Waals surface area contributed by atoms with Crippen LogP contribution in [0.2, 0.25) is 0 Å². The van der Waals surface area contributed by atoms with Crippen molar-refractivity contribution in [3.8, 4) is 0 Å². The monoisotopic (exact) mass is 230 g/mol. The predicted octanol–water partition coefficient (Wildman–Crippen LogP) is 0.895. The van der Waals surface area contributed by atoms with Gasteiger partial charge < -0.3 is 15.6 Å². The van der Waals surface area contributed by atoms with Gasteiger partial charge in [-0.1, -0.05) is 0 Å². The first kappa shape index (κ1) is 11.2. The molecule has 0 bridgehead atoms. The van der Waals surface area contributed by atoms with Crippen LogP contribution in [-0.2, 0) is 6.54 Å². The Balaban J connectivity index is 1.83. The third kappa shape index (κ3) is 3.07. The molecule has 0 spiro atoms. The van der Waals surface area contributed by atoms with Crippen LogP contribution in [0.4, 0.5) is 5.69 Å². The second-order valence-corrected chi connectivity index (χ2v) is 3.68. The van der Waals surface area contributed by atoms with Gasteiger partial charge in [0.25, 0.3) is 5.91 Å². The van der Waals surface area contributed by atoms with E-state index in [0.717, 1.165) is 0 Å². The van der Waals surface area contributed by atoms with E-state index in [1.54, 1.807) is 36.8 Å². The van der Waals surface area contributed by atoms with Gasteiger partial charge >= 0.3 is 0 Å². The summed E-state index contributed by atoms with van der Waals surface area (Å²) in [7, 11) is 0. The molecule has 3 N–H and O–H groups in total. The number of carbonyl (C=O) groups excluding carboxylic acids is 1. The standard InChI is InChI=1S/C12H14N4O/c13-11-3-1-10(2-4-11)12(17)15-6-8-16-7-5-14-9-16/h1-5,7,9H,6,8,13H2,(H,15,17). The Labute approximate surface area is 99.3 Å². The number of anilines is 1. The fraction of sp³-hybridized carbons (Fsp3) is 0.167. The number of nitrogens with one attached hydrogen (secondary N) is 1. The lowest BCUT2D eigenvalue weighted by Gasteiger charge is -2.05. The number of benzene rings is 1. The number of carbonyl (C=O) groups is 1. The van der Waals surface area contributed by atoms with E-state index in [2.05, 4.69) is 10.3 Å². The lowest BCUT2D eigenvalue weighted by atomic mass is 10.2. The van der Waals surface area contributed by atoms with E-state index in [1.165, 1.54) is 0 Å². The second-order valence-electron chi connectivity index (χ2n) is 3.68. The van der Waals surface area contributed by atoms with Crippen LogP contribution in [0.5, 0.6) is 0 Å². The summed E-state index contributed by atoms with van der Waals surface area (Å²) in [5, 5.41) is 2.83. The van der Waals surface area contributed by atoms with Crippen LogP contribution in [0.15, 0.2) is 43.0 Å². The molecule has 0 aliphatic carbocycles. The second kappa shape index (κ2) is 5.16. The molecule has 88 valence electrons. The maximum absolute atomic E-state index is 11.7. The molecule has 2 aromatic rings. The fourth-order valence-corrected chi connectivity index (χ4v) is 1.45. The minimum Gasteiger partial charge on any atom is -0.399 e. The van der Waals surface area contributed by atoms with Crippen molar-refractivity contribution in [2.24, 2.45) is 0 Å². The van der Waals surface area contributed by atoms with Crippen molar-refractivity contribution in [3.63, 3.8) is 0 Å². The maximum Gasteiger partial charge on any atom is 0.251 e. The van der Waals surface area contributed by atoms with Gasteiger partial charge in [-0.3, -0.25) is 4.79 Å². The summed E-state index contributed by atoms with van der Waals surface area (Å²) < 4.78 is 1.91. The molecule has 5 nitrogen and oxygen atoms in total. The third-order valence-corrected chi connectivity index (χ3v) is 2.39. The topological polar surface area (TPSA) is 72.9 Å². The Morgan fingerprint density at radius 3 is 2.76 bits per heavy atom. The van der Waals surface area contributed by atoms with Crippen molar-refractivity contribution >= 4 is 11.6 Å². The number of hydrogen-bond acceptors (Lipinski definition) is 3. The lowest BCUT2D eigenvalue weighted by molar-refractivity contribution is 0.0952. The highest BCUT2D eigenvalue weighted by atomic mass is 16.1. The van der Waals surface area contributed by atoms with E-state index in [9.17, 15) is 4.79 Å². The molecule has 0 fully saturated rings. The number of hydrogen-bond donors (Lipinski definition) is 2. The van der Waals surface area contributed by atoms with Gasteiger partial charge in [-0.2, -0.15) is 0 Å². The van der Waals surface area contributed by atoms with Crippen LogP contribution < -0.4 is 11.1 Å². The Morgan fingerprint density at radius 2 is 2.12 bits per heavy atom. The van der Waals surface area contributed by atoms with E-state index < -0.39 is 0 Å². The number of nitrogen functional groups attached to an aromatic ring is 1. The zero-order valence-corrected chi connectivity index (χ0v) is 9.34. The van der Waals surface area contributed by atoms with Gasteiger partial charge in [-0.15, -0.1) is 0 Å². The highest BCUT2D eigenvalue weighted by Crippen LogP contribution is 2.04. The lowest BCUT2D eigenvalue weighted by Crippen LogP contribution is -2.26. The molecule has 0 saturated heterocycles. The summed E-state index contributed by atoms with van der Waals surface area (Å²) in [6.07, 6.45) is 5.28. The van der Waals surface area contributed by atoms with Crippen molar-refractivity contribution in [1.82, 2.24) is 14.9 Å². The van der Waals surface area contributed by atoms with Crippen LogP contribution in [-0.4, -0.2) is 22.0 Å². The third-order valence-electron chi connectivity index (χ3n) is 2.39. The Morgan fingerprint density at radius 1 is 1.35 bits per heavy atom. The molecule has 0 saturated carbocycles. The number of nitrogens with zero attached hydrogens (tertiary/aromatic N) is 2. The summed E-state index contributed by atoms with van der Waals surface area (Å²) >= 11 is 0. The van der Waals surface area contributed by atoms with Gasteiger partial charge in [0.1, 0.15) is 0 Å². The highest BCUT2D eigenvalue weighted by molar-refractivity contribution is 5.94. The fourth-order valence-electron chi connectivity index (χ4n) is 1.45. The van der Waals surface area contributed by atoms with Crippen LogP contribution >= 0.6 is 0 Å². The zero-order chi connectivity index (χ0) is 12.1. The van der Waals surface area contributed by atoms with E-state index in [0.29, 0.717) is 24.3 Å². The number of imidazole rings is 1. The van der Waals surface area contributed by atoms with Gasteiger partial charge in [0, 0.05) is 36.7 Å². The zero-order valence-electron chi connectivity index (χ0n) is 9.34. The average molecular weight is 230 g/mol. The summed E-state index contributed by atoms with van der Waals surface area (Å²) in [6.45, 7) is 1.28. The molecule has 0 aliphatic rings. The van der Waals surface area contributed by atoms with Crippen LogP contribution in [0.25, 0.3) is 0 Å². The number of rotatable bonds is 4. The van der Waals surface area contributed by atoms with E-state index in [4.69, 9.17) is 5.73 Å². The molecule has 0 radical (unpaired) electrons. The van der Waals surface area contributed by atoms with Gasteiger partial charge in [0.05, 0.1) is 6.33 Å². The molecular weight excluding hydrogens is 216 g/mol. The summed E-state index contributed by atoms with van der Waals surface area (Å²) in [5.41, 5.74) is 6.82. The van der Waals surface area contributed by atoms with Crippen molar-refractivity contribution < 1.29 is 4.79 Å². The van der Waals surface area contributed by atoms with Crippen molar-refractivity contribution in [1.29, 1.82) is 0 Å². The minimum absolute atomic E-state index is 0.0925. The SMILES string of the molecule is Nc1ccc(C(=O)NCCn2ccnc2)cc1. The summed E-state index contributed by atoms with van der Waals surface area (Å²) in [4.78, 5) is 15.6. The van der Waals surface area contributed by atoms with Gasteiger partial charge in [0.15, 0.2) is 0 Å². The van der Waals surface area contributed by atoms with Crippen molar-refractivity contribution in [2.75, 3.05) is 12.3 Å². The van der Waals surface area contributed by atoms with E-state index in [1.807, 2.05) is 10.8 Å². The molecule has 17 heavy (non-hydrogen) atoms. The van der Waals surface area contributed by atoms with Gasteiger partial charge in [-0.25, -0.2) is 4.98 Å². The maximum atomic E-state index is 11.7. The number of nitrogens with two attached hydrogens (primary N) is 1. The molecular formula is C12H14N4O. The molecule has 2 rings (SSSR count). The molecule has 0 aliphatic heterocycles. The normalized spacial score (nSPS) is 10.1. The van der Waals surface area contributed by atoms with Crippen LogP contribution in [0.3, 0.4) is 0 Å². The molecule has 1 heterocycles. The molecule has 0 unspecified atom stereocenters. The summed E-state index contributed by atoms with van der Waals surface area (Å²) in [6, 6.07) is 6.85. The van der Waals surface area contributed by atoms with E-state index >= 15 is 0 Å². The van der Waals surface area contributed by atoms with Gasteiger partial charge in [0.2, 0.25) is 0 Å². The van der Waals surface area contributed by atoms with Crippen molar-refractivity contribution in [2.45, 2.75) is 6.54 Å². The smallest absolute Gasteiger partial charge is 0.251 e. The van der Waals surface area contributed by atoms with Crippen LogP contribution in [0, 0.1) is 0 Å². The van der Waals surface area contributed by atoms with Crippen molar-refractivity contribution in [3.05, 3.63) is 48.5 Å². The minimum atomic E-state index is -0.0925. The quantitative estimate of drug-likeness (QED) is 0.766. The largest absolute Gasteiger partial charge is 0.399 e. The van der Waals surface area contributed by atoms with Gasteiger partial charge in [-0.05, 0) is 24.3 Å². The summed E-state index contributed by atoms with van der Waals surface area (Å²) in [5.74, 6) is -0.0925. The van der Waals surface area contributed by atoms with E-state index in [-0.39, 0.29) is 5.91 Å². The average Bonchev–Trinajstić information content (AvgIpc) is 2.83. The Bertz CT molecular complexity index is 476. The Kier molecular flexibility index (Phi) is 3.40. The first-order valence-electron chi connectivity index (χ1n) is 5.35.